The summed E-state index contributed by atoms with van der Waals surface area (Å²) in [5, 5.41) is 2.52. The Morgan fingerprint density at radius 2 is 1.11 bits per heavy atom. The van der Waals surface area contributed by atoms with Gasteiger partial charge in [0.2, 0.25) is 0 Å². The fraction of sp³-hybridized carbons (Fsp3) is 0.0667. The van der Waals surface area contributed by atoms with Crippen LogP contribution in [0.5, 0.6) is 0 Å². The molecule has 1 heterocycles. The molecule has 0 radical (unpaired) electrons. The molecule has 2 aliphatic carbocycles. The quantitative estimate of drug-likeness (QED) is 0.141. The molecule has 0 N–H and O–H groups in total. The van der Waals surface area contributed by atoms with Gasteiger partial charge in [0.1, 0.15) is 0 Å². The number of nitrogens with zero attached hydrogens (tertiary/aromatic N) is 2. The molecule has 1 atom stereocenters. The minimum atomic E-state index is 0.414. The van der Waals surface area contributed by atoms with Crippen molar-refractivity contribution >= 4 is 50.0 Å². The Labute approximate surface area is 364 Å². The zero-order valence-corrected chi connectivity index (χ0v) is 34.6. The van der Waals surface area contributed by atoms with Crippen LogP contribution in [0.3, 0.4) is 0 Å². The third-order valence-corrected chi connectivity index (χ3v) is 12.6. The molecule has 2 nitrogen and oxygen atoms in total. The standard InChI is InChI=1S/C60H46N2/c1-5-15-43(16-6-1)45-25-27-46(28-26-45)48-31-36-53(37-32-48)61(52-34-29-47(30-35-52)44-17-7-2-8-18-44)54-38-39-55(57(42-54)49-19-9-3-10-20-49)50-33-40-60-58(41-50)56-23-13-14-24-59(56)62(60)51-21-11-4-12-22-51/h1-9,11-19,21-25,27-42,45H,10,20,26H2. The smallest absolute Gasteiger partial charge is 0.0541 e. The van der Waals surface area contributed by atoms with Crippen LogP contribution >= 0.6 is 0 Å². The van der Waals surface area contributed by atoms with E-state index < -0.39 is 0 Å². The van der Waals surface area contributed by atoms with E-state index in [1.54, 1.807) is 0 Å². The first-order valence-corrected chi connectivity index (χ1v) is 21.8. The minimum Gasteiger partial charge on any atom is -0.310 e. The van der Waals surface area contributed by atoms with Gasteiger partial charge in [0.05, 0.1) is 11.0 Å². The van der Waals surface area contributed by atoms with Gasteiger partial charge in [-0.05, 0) is 136 Å². The maximum absolute atomic E-state index is 2.42. The van der Waals surface area contributed by atoms with Crippen LogP contribution in [0.4, 0.5) is 17.1 Å². The molecule has 0 saturated carbocycles. The lowest BCUT2D eigenvalue weighted by Crippen LogP contribution is -2.11. The Bertz CT molecular complexity index is 3170. The van der Waals surface area contributed by atoms with Gasteiger partial charge in [0, 0.05) is 39.4 Å². The topological polar surface area (TPSA) is 8.17 Å². The van der Waals surface area contributed by atoms with E-state index in [-0.39, 0.29) is 0 Å². The normalized spacial score (nSPS) is 14.8. The first-order valence-electron chi connectivity index (χ1n) is 21.8. The van der Waals surface area contributed by atoms with Gasteiger partial charge >= 0.3 is 0 Å². The van der Waals surface area contributed by atoms with Gasteiger partial charge in [-0.15, -0.1) is 0 Å². The number of benzene rings is 8. The molecule has 62 heavy (non-hydrogen) atoms. The van der Waals surface area contributed by atoms with E-state index in [0.717, 1.165) is 36.3 Å². The number of fused-ring (bicyclic) bond motifs is 3. The summed E-state index contributed by atoms with van der Waals surface area (Å²) in [6.07, 6.45) is 16.9. The molecule has 0 saturated heterocycles. The van der Waals surface area contributed by atoms with Gasteiger partial charge in [-0.3, -0.25) is 0 Å². The predicted octanol–water partition coefficient (Wildman–Crippen LogP) is 16.4. The summed E-state index contributed by atoms with van der Waals surface area (Å²) in [4.78, 5) is 2.41. The van der Waals surface area contributed by atoms with Crippen molar-refractivity contribution in [1.82, 2.24) is 4.57 Å². The maximum atomic E-state index is 2.42. The van der Waals surface area contributed by atoms with Crippen molar-refractivity contribution in [2.75, 3.05) is 4.90 Å². The maximum Gasteiger partial charge on any atom is 0.0541 e. The average Bonchev–Trinajstić information content (AvgIpc) is 3.69. The molecular formula is C60H46N2. The molecule has 0 spiro atoms. The van der Waals surface area contributed by atoms with Crippen LogP contribution in [0.2, 0.25) is 0 Å². The van der Waals surface area contributed by atoms with Crippen molar-refractivity contribution in [2.24, 2.45) is 0 Å². The molecule has 0 amide bonds. The van der Waals surface area contributed by atoms with E-state index in [1.807, 2.05) is 0 Å². The predicted molar refractivity (Wildman–Crippen MR) is 264 cm³/mol. The highest BCUT2D eigenvalue weighted by molar-refractivity contribution is 6.10. The molecule has 9 aromatic rings. The average molecular weight is 795 g/mol. The highest BCUT2D eigenvalue weighted by Crippen LogP contribution is 2.43. The summed E-state index contributed by atoms with van der Waals surface area (Å²) in [5.41, 5.74) is 18.3. The molecule has 0 aliphatic heterocycles. The van der Waals surface area contributed by atoms with E-state index in [9.17, 15) is 0 Å². The number of hydrogen-bond donors (Lipinski definition) is 0. The number of para-hydroxylation sites is 2. The van der Waals surface area contributed by atoms with Crippen LogP contribution in [-0.4, -0.2) is 4.57 Å². The van der Waals surface area contributed by atoms with Gasteiger partial charge < -0.3 is 9.47 Å². The van der Waals surface area contributed by atoms with E-state index in [4.69, 9.17) is 0 Å². The van der Waals surface area contributed by atoms with Gasteiger partial charge in [-0.1, -0.05) is 170 Å². The van der Waals surface area contributed by atoms with Crippen molar-refractivity contribution in [2.45, 2.75) is 25.2 Å². The third kappa shape index (κ3) is 7.10. The van der Waals surface area contributed by atoms with Crippen molar-refractivity contribution in [3.05, 3.63) is 253 Å². The molecule has 2 heteroatoms. The van der Waals surface area contributed by atoms with Crippen LogP contribution in [0.25, 0.3) is 60.9 Å². The second-order valence-corrected chi connectivity index (χ2v) is 16.4. The van der Waals surface area contributed by atoms with Gasteiger partial charge in [-0.25, -0.2) is 0 Å². The van der Waals surface area contributed by atoms with Crippen LogP contribution in [-0.2, 0) is 0 Å². The lowest BCUT2D eigenvalue weighted by molar-refractivity contribution is 0.856. The summed E-state index contributed by atoms with van der Waals surface area (Å²) in [6.45, 7) is 0. The largest absolute Gasteiger partial charge is 0.310 e. The van der Waals surface area contributed by atoms with Gasteiger partial charge in [0.15, 0.2) is 0 Å². The van der Waals surface area contributed by atoms with Crippen molar-refractivity contribution in [3.63, 3.8) is 0 Å². The second-order valence-electron chi connectivity index (χ2n) is 16.4. The summed E-state index contributed by atoms with van der Waals surface area (Å²) in [6, 6.07) is 73.2. The Hall–Kier alpha value is -7.68. The monoisotopic (exact) mass is 794 g/mol. The number of allylic oxidation sites excluding steroid dienone is 8. The zero-order chi connectivity index (χ0) is 41.2. The summed E-state index contributed by atoms with van der Waals surface area (Å²) >= 11 is 0. The van der Waals surface area contributed by atoms with Gasteiger partial charge in [0.25, 0.3) is 0 Å². The molecule has 0 fully saturated rings. The van der Waals surface area contributed by atoms with Crippen LogP contribution in [0.1, 0.15) is 41.9 Å². The van der Waals surface area contributed by atoms with Crippen LogP contribution < -0.4 is 4.90 Å². The molecule has 1 aromatic heterocycles. The Morgan fingerprint density at radius 1 is 0.484 bits per heavy atom. The Balaban J connectivity index is 1.01. The second kappa shape index (κ2) is 16.4. The minimum absolute atomic E-state index is 0.414. The molecule has 296 valence electrons. The highest BCUT2D eigenvalue weighted by Gasteiger charge is 2.20. The SMILES string of the molecule is C1=CCCC(c2cc(N(c3ccc(C4=CCC(c5ccccc5)C=C4)cc3)c3ccc(-c4ccccc4)cc3)ccc2-c2ccc3c(c2)c2ccccc2n3-c2ccccc2)=C1. The molecule has 8 aromatic carbocycles. The van der Waals surface area contributed by atoms with E-state index in [1.165, 1.54) is 77.6 Å². The van der Waals surface area contributed by atoms with Crippen molar-refractivity contribution < 1.29 is 0 Å². The van der Waals surface area contributed by atoms with E-state index >= 15 is 0 Å². The third-order valence-electron chi connectivity index (χ3n) is 12.6. The van der Waals surface area contributed by atoms with Crippen LogP contribution in [0, 0.1) is 0 Å². The number of hydrogen-bond acceptors (Lipinski definition) is 1. The zero-order valence-electron chi connectivity index (χ0n) is 34.6. The summed E-state index contributed by atoms with van der Waals surface area (Å²) < 4.78 is 2.39. The van der Waals surface area contributed by atoms with E-state index in [0.29, 0.717) is 5.92 Å². The highest BCUT2D eigenvalue weighted by atomic mass is 15.1. The van der Waals surface area contributed by atoms with Crippen molar-refractivity contribution in [3.8, 4) is 27.9 Å². The summed E-state index contributed by atoms with van der Waals surface area (Å²) in [7, 11) is 0. The van der Waals surface area contributed by atoms with Crippen molar-refractivity contribution in [1.29, 1.82) is 0 Å². The number of rotatable bonds is 9. The molecule has 1 unspecified atom stereocenters. The molecular weight excluding hydrogens is 749 g/mol. The molecule has 0 bridgehead atoms. The van der Waals surface area contributed by atoms with E-state index in [2.05, 4.69) is 246 Å². The first kappa shape index (κ1) is 37.3. The van der Waals surface area contributed by atoms with Gasteiger partial charge in [-0.2, -0.15) is 0 Å². The van der Waals surface area contributed by atoms with Crippen LogP contribution in [0.15, 0.2) is 237 Å². The lowest BCUT2D eigenvalue weighted by atomic mass is 9.88. The Kier molecular flexibility index (Phi) is 9.88. The Morgan fingerprint density at radius 3 is 1.82 bits per heavy atom. The fourth-order valence-electron chi connectivity index (χ4n) is 9.48. The lowest BCUT2D eigenvalue weighted by Gasteiger charge is -2.28. The number of anilines is 3. The fourth-order valence-corrected chi connectivity index (χ4v) is 9.48. The molecule has 2 aliphatic rings. The molecule has 11 rings (SSSR count). The first-order chi connectivity index (χ1) is 30.7. The number of aromatic nitrogens is 1. The summed E-state index contributed by atoms with van der Waals surface area (Å²) in [5.74, 6) is 0.414.